The number of aromatic nitrogens is 1. The van der Waals surface area contributed by atoms with Gasteiger partial charge in [-0.1, -0.05) is 13.8 Å². The highest BCUT2D eigenvalue weighted by Gasteiger charge is 2.30. The standard InChI is InChI=1S/C19H21NO5/c1-19(2)8-14(22)18(15(23)9-19)12-6-13(21)10-5-16(24-3)17(25-4)7-11(10)20-12/h5-7,22H,8-9H2,1-4H3,(H,20,21)/p-1. The van der Waals surface area contributed by atoms with Crippen LogP contribution in [-0.2, 0) is 4.79 Å². The van der Waals surface area contributed by atoms with Crippen molar-refractivity contribution in [1.29, 1.82) is 0 Å². The first-order valence-corrected chi connectivity index (χ1v) is 7.98. The first kappa shape index (κ1) is 17.1. The van der Waals surface area contributed by atoms with Crippen molar-refractivity contribution in [3.63, 3.8) is 0 Å². The lowest BCUT2D eigenvalue weighted by molar-refractivity contribution is -0.309. The Morgan fingerprint density at radius 3 is 2.28 bits per heavy atom. The topological polar surface area (TPSA) is 91.5 Å². The van der Waals surface area contributed by atoms with Crippen LogP contribution >= 0.6 is 0 Å². The molecule has 0 fully saturated rings. The SMILES string of the molecule is COc1cc2[nH]c(C3=C([O-])CC(C)(C)CC3=O)cc(=O)c2cc1OC. The van der Waals surface area contributed by atoms with Gasteiger partial charge in [0.15, 0.2) is 22.7 Å². The molecule has 6 heteroatoms. The zero-order chi connectivity index (χ0) is 18.4. The molecule has 0 aliphatic heterocycles. The lowest BCUT2D eigenvalue weighted by atomic mass is 9.76. The fourth-order valence-corrected chi connectivity index (χ4v) is 3.28. The molecule has 0 unspecified atom stereocenters. The Balaban J connectivity index is 2.22. The highest BCUT2D eigenvalue weighted by atomic mass is 16.5. The summed E-state index contributed by atoms with van der Waals surface area (Å²) in [4.78, 5) is 28.0. The van der Waals surface area contributed by atoms with E-state index in [1.807, 2.05) is 13.8 Å². The number of ether oxygens (including phenoxy) is 2. The number of carbonyl (C=O) groups is 1. The summed E-state index contributed by atoms with van der Waals surface area (Å²) in [6, 6.07) is 4.51. The molecule has 0 atom stereocenters. The van der Waals surface area contributed by atoms with Crippen molar-refractivity contribution in [3.8, 4) is 11.5 Å². The second-order valence-corrected chi connectivity index (χ2v) is 7.04. The molecule has 3 rings (SSSR count). The van der Waals surface area contributed by atoms with Gasteiger partial charge in [0.25, 0.3) is 0 Å². The van der Waals surface area contributed by atoms with E-state index in [-0.39, 0.29) is 46.5 Å². The van der Waals surface area contributed by atoms with E-state index in [4.69, 9.17) is 9.47 Å². The summed E-state index contributed by atoms with van der Waals surface area (Å²) in [6.45, 7) is 3.78. The third-order valence-electron chi connectivity index (χ3n) is 4.44. The number of benzene rings is 1. The van der Waals surface area contributed by atoms with Gasteiger partial charge >= 0.3 is 0 Å². The minimum atomic E-state index is -0.356. The zero-order valence-electron chi connectivity index (χ0n) is 14.7. The Kier molecular flexibility index (Phi) is 4.06. The molecule has 0 spiro atoms. The van der Waals surface area contributed by atoms with Gasteiger partial charge in [-0.05, 0) is 17.9 Å². The van der Waals surface area contributed by atoms with Gasteiger partial charge in [-0.2, -0.15) is 0 Å². The van der Waals surface area contributed by atoms with Crippen LogP contribution in [0.25, 0.3) is 16.5 Å². The van der Waals surface area contributed by atoms with Crippen molar-refractivity contribution in [2.75, 3.05) is 14.2 Å². The van der Waals surface area contributed by atoms with E-state index in [0.29, 0.717) is 22.4 Å². The van der Waals surface area contributed by atoms with E-state index in [1.165, 1.54) is 20.3 Å². The number of allylic oxidation sites excluding steroid dienone is 2. The number of ketones is 1. The minimum Gasteiger partial charge on any atom is -0.875 e. The first-order chi connectivity index (χ1) is 11.8. The van der Waals surface area contributed by atoms with Gasteiger partial charge in [0.2, 0.25) is 0 Å². The Morgan fingerprint density at radius 1 is 1.04 bits per heavy atom. The summed E-state index contributed by atoms with van der Waals surface area (Å²) in [5.41, 5.74) is 0.176. The summed E-state index contributed by atoms with van der Waals surface area (Å²) in [5, 5.41) is 12.9. The van der Waals surface area contributed by atoms with Crippen LogP contribution in [0.15, 0.2) is 28.8 Å². The molecule has 2 aromatic rings. The number of H-pyrrole nitrogens is 1. The molecule has 0 radical (unpaired) electrons. The summed E-state index contributed by atoms with van der Waals surface area (Å²) >= 11 is 0. The van der Waals surface area contributed by atoms with E-state index in [0.717, 1.165) is 0 Å². The van der Waals surface area contributed by atoms with Crippen LogP contribution in [0.3, 0.4) is 0 Å². The smallest absolute Gasteiger partial charge is 0.190 e. The fraction of sp³-hybridized carbons (Fsp3) is 0.368. The van der Waals surface area contributed by atoms with Crippen LogP contribution in [0.4, 0.5) is 0 Å². The summed E-state index contributed by atoms with van der Waals surface area (Å²) < 4.78 is 10.5. The second-order valence-electron chi connectivity index (χ2n) is 7.04. The number of pyridine rings is 1. The largest absolute Gasteiger partial charge is 0.875 e. The minimum absolute atomic E-state index is 0.0770. The highest BCUT2D eigenvalue weighted by molar-refractivity contribution is 6.21. The number of methoxy groups -OCH3 is 2. The Morgan fingerprint density at radius 2 is 1.68 bits per heavy atom. The molecule has 1 aliphatic carbocycles. The molecule has 1 heterocycles. The van der Waals surface area contributed by atoms with Crippen LogP contribution in [0.5, 0.6) is 11.5 Å². The number of aromatic amines is 1. The monoisotopic (exact) mass is 342 g/mol. The van der Waals surface area contributed by atoms with Gasteiger partial charge < -0.3 is 19.6 Å². The maximum Gasteiger partial charge on any atom is 0.190 e. The molecule has 0 amide bonds. The van der Waals surface area contributed by atoms with Crippen LogP contribution in [0.2, 0.25) is 0 Å². The van der Waals surface area contributed by atoms with Gasteiger partial charge in [-0.15, -0.1) is 5.76 Å². The van der Waals surface area contributed by atoms with E-state index in [9.17, 15) is 14.7 Å². The summed E-state index contributed by atoms with van der Waals surface area (Å²) in [7, 11) is 2.99. The summed E-state index contributed by atoms with van der Waals surface area (Å²) in [6.07, 6.45) is 0.556. The van der Waals surface area contributed by atoms with Crippen molar-refractivity contribution < 1.29 is 19.4 Å². The van der Waals surface area contributed by atoms with Crippen LogP contribution < -0.4 is 20.0 Å². The molecule has 6 nitrogen and oxygen atoms in total. The second kappa shape index (κ2) is 5.95. The van der Waals surface area contributed by atoms with E-state index >= 15 is 0 Å². The molecule has 0 saturated carbocycles. The Bertz CT molecular complexity index is 952. The number of nitrogens with one attached hydrogen (secondary N) is 1. The number of hydrogen-bond acceptors (Lipinski definition) is 5. The zero-order valence-corrected chi connectivity index (χ0v) is 14.7. The Hall–Kier alpha value is -2.76. The molecule has 25 heavy (non-hydrogen) atoms. The number of fused-ring (bicyclic) bond motifs is 1. The highest BCUT2D eigenvalue weighted by Crippen LogP contribution is 2.38. The molecule has 0 saturated heterocycles. The van der Waals surface area contributed by atoms with E-state index in [1.54, 1.807) is 12.1 Å². The average Bonchev–Trinajstić information content (AvgIpc) is 2.51. The summed E-state index contributed by atoms with van der Waals surface area (Å²) in [5.74, 6) is 0.413. The van der Waals surface area contributed by atoms with Crippen molar-refractivity contribution in [3.05, 3.63) is 39.9 Å². The average molecular weight is 342 g/mol. The van der Waals surface area contributed by atoms with Gasteiger partial charge in [0, 0.05) is 29.5 Å². The van der Waals surface area contributed by atoms with E-state index < -0.39 is 0 Å². The van der Waals surface area contributed by atoms with Crippen LogP contribution in [0.1, 0.15) is 32.4 Å². The predicted octanol–water partition coefficient (Wildman–Crippen LogP) is 2.01. The molecular weight excluding hydrogens is 322 g/mol. The van der Waals surface area contributed by atoms with Crippen molar-refractivity contribution >= 4 is 22.3 Å². The molecule has 1 aromatic heterocycles. The van der Waals surface area contributed by atoms with Crippen molar-refractivity contribution in [2.24, 2.45) is 5.41 Å². The fourth-order valence-electron chi connectivity index (χ4n) is 3.28. The Labute approximate surface area is 145 Å². The third-order valence-corrected chi connectivity index (χ3v) is 4.44. The lowest BCUT2D eigenvalue weighted by Gasteiger charge is -2.35. The predicted molar refractivity (Wildman–Crippen MR) is 92.6 cm³/mol. The molecule has 0 bridgehead atoms. The molecule has 132 valence electrons. The number of Topliss-reactive ketones (excluding diaryl/α,β-unsaturated/α-hetero) is 1. The maximum absolute atomic E-state index is 12.5. The normalized spacial score (nSPS) is 17.0. The molecule has 1 aromatic carbocycles. The lowest BCUT2D eigenvalue weighted by Crippen LogP contribution is -2.30. The third kappa shape index (κ3) is 2.99. The van der Waals surface area contributed by atoms with Crippen LogP contribution in [0, 0.1) is 5.41 Å². The van der Waals surface area contributed by atoms with E-state index in [2.05, 4.69) is 4.98 Å². The number of hydrogen-bond donors (Lipinski definition) is 1. The van der Waals surface area contributed by atoms with Crippen molar-refractivity contribution in [2.45, 2.75) is 26.7 Å². The number of carbonyl (C=O) groups excluding carboxylic acids is 1. The van der Waals surface area contributed by atoms with Gasteiger partial charge in [0.05, 0.1) is 25.4 Å². The van der Waals surface area contributed by atoms with Gasteiger partial charge in [-0.3, -0.25) is 9.59 Å². The molecule has 1 N–H and O–H groups in total. The molecule has 1 aliphatic rings. The quantitative estimate of drug-likeness (QED) is 0.921. The maximum atomic E-state index is 12.5. The first-order valence-electron chi connectivity index (χ1n) is 7.98. The molecular formula is C19H20NO5-. The number of rotatable bonds is 3. The van der Waals surface area contributed by atoms with Crippen molar-refractivity contribution in [1.82, 2.24) is 4.98 Å². The van der Waals surface area contributed by atoms with Crippen LogP contribution in [-0.4, -0.2) is 25.0 Å². The van der Waals surface area contributed by atoms with Gasteiger partial charge in [-0.25, -0.2) is 0 Å². The van der Waals surface area contributed by atoms with Gasteiger partial charge in [0.1, 0.15) is 0 Å².